The number of hydrogen-bond acceptors (Lipinski definition) is 26. The molecule has 5 aromatic heterocycles. The van der Waals surface area contributed by atoms with E-state index in [1.165, 1.54) is 34.3 Å². The van der Waals surface area contributed by atoms with E-state index in [4.69, 9.17) is 61.6 Å². The molecule has 27 heteroatoms. The smallest absolute Gasteiger partial charge is 0.329 e. The number of aromatic nitrogens is 5. The molecule has 27 nitrogen and oxygen atoms in total. The average molecular weight is 1740 g/mol. The van der Waals surface area contributed by atoms with Gasteiger partial charge in [-0.15, -0.1) is 0 Å². The third-order valence-electron chi connectivity index (χ3n) is 20.0. The van der Waals surface area contributed by atoms with Crippen LogP contribution in [0.15, 0.2) is 232 Å². The number of benzene rings is 6. The van der Waals surface area contributed by atoms with Crippen LogP contribution in [-0.2, 0) is 33.6 Å². The molecule has 1 saturated heterocycles. The summed E-state index contributed by atoms with van der Waals surface area (Å²) in [5, 5.41) is 10.1. The molecule has 1 aliphatic rings. The van der Waals surface area contributed by atoms with Gasteiger partial charge in [-0.1, -0.05) is 56.8 Å². The number of pyridine rings is 5. The predicted molar refractivity (Wildman–Crippen MR) is 485 cm³/mol. The standard InChI is InChI=1S/C35H42N2O8.C16H19NO3.C16H17NO3.C16H15NO3.C9H10O3.C7H7NO.CH4/c1-6-27(25-19-26(22-38)33(44-5)32(20-25)43-4)34(39)37-17-8-7-11-28(37)35(40)45-29(24-10-9-16-36-21-24)14-12-23-13-15-30(41-2)31(18-23)42-3;3*1-19-15-8-6-12(10-16(15)20-2)5-7-14(18)13-4-3-9-17-11-13;1-11-8-4-3-7(6-10)5-9(8)12-2;1-6(9)7-3-2-4-8-5-7;/h9-10,13,15-16,18-22,27-29H,6-8,11-12,14,17H2,1-5H3;3-4,6,8-11,14,18H,5,7H2,1-2H3;3-4,6,8-11H,5,7H2,1-2H3;3-11H,1-2H3;3-6H,1-2H3;2-5H,1H3;1H4/b;;;7-5+;;;/t27-,28?,29+;14-;;;;;/m01...../s1. The Labute approximate surface area is 743 Å². The second kappa shape index (κ2) is 55.0. The molecule has 127 heavy (non-hydrogen) atoms. The summed E-state index contributed by atoms with van der Waals surface area (Å²) in [5.74, 6) is 6.06. The lowest BCUT2D eigenvalue weighted by Gasteiger charge is -2.37. The molecule has 1 N–H and O–H groups in total. The topological polar surface area (TPSA) is 327 Å². The van der Waals surface area contributed by atoms with Gasteiger partial charge in [0.15, 0.2) is 92.6 Å². The van der Waals surface area contributed by atoms with E-state index in [2.05, 4.69) is 24.9 Å². The number of carbonyl (C=O) groups excluding carboxylic acids is 7. The number of ketones is 3. The Morgan fingerprint density at radius 1 is 0.441 bits per heavy atom. The van der Waals surface area contributed by atoms with Crippen LogP contribution in [0.5, 0.6) is 69.0 Å². The molecule has 6 aromatic carbocycles. The zero-order valence-electron chi connectivity index (χ0n) is 73.6. The number of esters is 1. The van der Waals surface area contributed by atoms with Gasteiger partial charge in [-0.25, -0.2) is 4.79 Å². The van der Waals surface area contributed by atoms with Gasteiger partial charge in [-0.2, -0.15) is 0 Å². The van der Waals surface area contributed by atoms with Gasteiger partial charge in [0.05, 0.1) is 103 Å². The largest absolute Gasteiger partial charge is 0.493 e. The molecule has 1 unspecified atom stereocenters. The first kappa shape index (κ1) is 101. The molecule has 6 heterocycles. The number of likely N-dealkylation sites (tertiary alicyclic amines) is 1. The maximum absolute atomic E-state index is 14.1. The summed E-state index contributed by atoms with van der Waals surface area (Å²) in [4.78, 5) is 106. The van der Waals surface area contributed by atoms with Crippen molar-refractivity contribution in [2.45, 2.75) is 110 Å². The number of aliphatic hydroxyl groups excluding tert-OH is 1. The minimum absolute atomic E-state index is 0. The van der Waals surface area contributed by atoms with Gasteiger partial charge in [-0.3, -0.25) is 53.7 Å². The number of nitrogens with zero attached hydrogens (tertiary/aromatic N) is 6. The fourth-order valence-corrected chi connectivity index (χ4v) is 13.2. The lowest BCUT2D eigenvalue weighted by Crippen LogP contribution is -2.50. The van der Waals surface area contributed by atoms with E-state index >= 15 is 0 Å². The molecular formula is C100H114N6O21. The first-order valence-electron chi connectivity index (χ1n) is 40.4. The Bertz CT molecular complexity index is 5260. The summed E-state index contributed by atoms with van der Waals surface area (Å²) in [7, 11) is 18.8. The van der Waals surface area contributed by atoms with E-state index in [0.717, 1.165) is 58.9 Å². The third kappa shape index (κ3) is 31.1. The van der Waals surface area contributed by atoms with Gasteiger partial charge in [-0.05, 0) is 232 Å². The van der Waals surface area contributed by atoms with Crippen molar-refractivity contribution in [2.75, 3.05) is 91.9 Å². The Balaban J connectivity index is 0.000000255. The number of ether oxygens (including phenoxy) is 13. The molecule has 0 aliphatic carbocycles. The molecule has 1 fully saturated rings. The number of aryl methyl sites for hydroxylation is 3. The Morgan fingerprint density at radius 3 is 1.31 bits per heavy atom. The summed E-state index contributed by atoms with van der Waals surface area (Å²) < 4.78 is 69.1. The van der Waals surface area contributed by atoms with Crippen LogP contribution < -0.4 is 56.8 Å². The van der Waals surface area contributed by atoms with Gasteiger partial charge >= 0.3 is 5.97 Å². The van der Waals surface area contributed by atoms with Crippen molar-refractivity contribution in [2.24, 2.45) is 0 Å². The van der Waals surface area contributed by atoms with E-state index in [9.17, 15) is 38.7 Å². The number of piperidine rings is 1. The first-order chi connectivity index (χ1) is 61.2. The number of hydrogen-bond donors (Lipinski definition) is 1. The van der Waals surface area contributed by atoms with Gasteiger partial charge in [0.25, 0.3) is 0 Å². The van der Waals surface area contributed by atoms with Crippen molar-refractivity contribution in [1.82, 2.24) is 29.8 Å². The second-order valence-corrected chi connectivity index (χ2v) is 27.9. The number of carbonyl (C=O) groups is 7. The number of Topliss-reactive ketones (excluding diaryl/α,β-unsaturated/α-hetero) is 2. The zero-order chi connectivity index (χ0) is 91.1. The van der Waals surface area contributed by atoms with Crippen LogP contribution in [0, 0.1) is 0 Å². The molecule has 0 spiro atoms. The van der Waals surface area contributed by atoms with Crippen molar-refractivity contribution in [3.8, 4) is 69.0 Å². The third-order valence-corrected chi connectivity index (χ3v) is 20.0. The molecule has 1 aliphatic heterocycles. The zero-order valence-corrected chi connectivity index (χ0v) is 73.6. The van der Waals surface area contributed by atoms with Crippen molar-refractivity contribution in [3.63, 3.8) is 0 Å². The lowest BCUT2D eigenvalue weighted by atomic mass is 9.90. The fourth-order valence-electron chi connectivity index (χ4n) is 13.2. The Kier molecular flexibility index (Phi) is 43.9. The SMILES string of the molecule is C.CC(=O)c1cccnc1.CC[C@H](C(=O)N1CCCCC1C(=O)O[C@H](CCc1ccc(OC)c(OC)c1)c1cccnc1)c1cc(C=O)c(OC)c(OC)c1.COc1ccc(/C=C/C(=O)c2cccnc2)cc1OC.COc1ccc(C=O)cc1OC.COc1ccc(CCC(=O)c2cccnc2)cc1OC.COc1ccc(CC[C@@H](O)c2cccnc2)cc1OC. The van der Waals surface area contributed by atoms with E-state index < -0.39 is 30.1 Å². The highest BCUT2D eigenvalue weighted by atomic mass is 16.6. The molecule has 11 aromatic rings. The van der Waals surface area contributed by atoms with Crippen LogP contribution in [0.1, 0.15) is 175 Å². The predicted octanol–water partition coefficient (Wildman–Crippen LogP) is 17.8. The highest BCUT2D eigenvalue weighted by molar-refractivity contribution is 6.06. The first-order valence-corrected chi connectivity index (χ1v) is 40.4. The molecule has 0 saturated carbocycles. The number of allylic oxidation sites excluding steroid dienone is 1. The van der Waals surface area contributed by atoms with E-state index in [1.54, 1.807) is 210 Å². The molecule has 0 bridgehead atoms. The molecule has 4 atom stereocenters. The number of amides is 1. The second-order valence-electron chi connectivity index (χ2n) is 27.9. The maximum Gasteiger partial charge on any atom is 0.329 e. The fraction of sp³-hybridized carbons (Fsp3) is 0.300. The monoisotopic (exact) mass is 1730 g/mol. The van der Waals surface area contributed by atoms with Crippen LogP contribution >= 0.6 is 0 Å². The van der Waals surface area contributed by atoms with Crippen LogP contribution in [0.4, 0.5) is 0 Å². The Morgan fingerprint density at radius 2 is 0.874 bits per heavy atom. The van der Waals surface area contributed by atoms with E-state index in [0.29, 0.717) is 160 Å². The van der Waals surface area contributed by atoms with E-state index in [-0.39, 0.29) is 30.7 Å². The van der Waals surface area contributed by atoms with Crippen LogP contribution in [0.3, 0.4) is 0 Å². The van der Waals surface area contributed by atoms with Crippen molar-refractivity contribution >= 4 is 47.9 Å². The normalized spacial score (nSPS) is 12.2. The van der Waals surface area contributed by atoms with Crippen molar-refractivity contribution < 1.29 is 100 Å². The summed E-state index contributed by atoms with van der Waals surface area (Å²) >= 11 is 0. The molecule has 12 rings (SSSR count). The summed E-state index contributed by atoms with van der Waals surface area (Å²) in [6.07, 6.45) is 26.2. The highest BCUT2D eigenvalue weighted by Gasteiger charge is 2.38. The van der Waals surface area contributed by atoms with Crippen molar-refractivity contribution in [1.29, 1.82) is 0 Å². The van der Waals surface area contributed by atoms with Crippen LogP contribution in [-0.4, -0.2) is 175 Å². The van der Waals surface area contributed by atoms with Crippen LogP contribution in [0.25, 0.3) is 6.08 Å². The van der Waals surface area contributed by atoms with E-state index in [1.807, 2.05) is 97.9 Å². The van der Waals surface area contributed by atoms with Crippen molar-refractivity contribution in [3.05, 3.63) is 299 Å². The van der Waals surface area contributed by atoms with Gasteiger partial charge in [0, 0.05) is 103 Å². The van der Waals surface area contributed by atoms with Crippen LogP contribution in [0.2, 0.25) is 0 Å². The number of aldehydes is 2. The number of aliphatic hydroxyl groups is 1. The highest BCUT2D eigenvalue weighted by Crippen LogP contribution is 2.39. The summed E-state index contributed by atoms with van der Waals surface area (Å²) in [6.45, 7) is 3.87. The minimum Gasteiger partial charge on any atom is -0.493 e. The lowest BCUT2D eigenvalue weighted by molar-refractivity contribution is -0.162. The quantitative estimate of drug-likeness (QED) is 0.0167. The molecule has 0 radical (unpaired) electrons. The average Bonchev–Trinajstić information content (AvgIpc) is 0.790. The molecule has 1 amide bonds. The molecule has 670 valence electrons. The molecular weight excluding hydrogens is 1620 g/mol. The summed E-state index contributed by atoms with van der Waals surface area (Å²) in [5.41, 5.74) is 8.99. The maximum atomic E-state index is 14.1. The summed E-state index contributed by atoms with van der Waals surface area (Å²) in [6, 6.07) is 48.3. The number of methoxy groups -OCH3 is 12. The van der Waals surface area contributed by atoms with Gasteiger partial charge < -0.3 is 71.6 Å². The number of rotatable bonds is 35. The van der Waals surface area contributed by atoms with Gasteiger partial charge in [0.2, 0.25) is 5.91 Å². The van der Waals surface area contributed by atoms with Gasteiger partial charge in [0.1, 0.15) is 18.4 Å². The Hall–Kier alpha value is -14.3. The minimum atomic E-state index is -0.730.